The first-order valence-electron chi connectivity index (χ1n) is 5.61. The van der Waals surface area contributed by atoms with Gasteiger partial charge in [-0.1, -0.05) is 51.8 Å². The van der Waals surface area contributed by atoms with E-state index in [0.717, 1.165) is 18.8 Å². The van der Waals surface area contributed by atoms with Crippen LogP contribution in [0.1, 0.15) is 40.0 Å². The third-order valence-electron chi connectivity index (χ3n) is 1.76. The van der Waals surface area contributed by atoms with Crippen LogP contribution in [0.5, 0.6) is 5.75 Å². The van der Waals surface area contributed by atoms with Gasteiger partial charge < -0.3 is 4.74 Å². The Morgan fingerprint density at radius 2 is 1.64 bits per heavy atom. The molecular weight excluding hydrogens is 172 g/mol. The van der Waals surface area contributed by atoms with E-state index in [1.54, 1.807) is 0 Å². The van der Waals surface area contributed by atoms with Gasteiger partial charge in [0.2, 0.25) is 0 Å². The van der Waals surface area contributed by atoms with Crippen LogP contribution in [0.4, 0.5) is 0 Å². The van der Waals surface area contributed by atoms with E-state index >= 15 is 0 Å². The molecule has 0 N–H and O–H groups in total. The summed E-state index contributed by atoms with van der Waals surface area (Å²) in [5, 5.41) is 0. The third kappa shape index (κ3) is 6.53. The number of hydrogen-bond acceptors (Lipinski definition) is 1. The highest BCUT2D eigenvalue weighted by atomic mass is 16.5. The molecule has 0 aliphatic carbocycles. The van der Waals surface area contributed by atoms with Gasteiger partial charge in [0.1, 0.15) is 5.75 Å². The van der Waals surface area contributed by atoms with Crippen molar-refractivity contribution in [3.63, 3.8) is 0 Å². The average molecular weight is 194 g/mol. The number of ether oxygens (including phenoxy) is 1. The van der Waals surface area contributed by atoms with Gasteiger partial charge in [-0.25, -0.2) is 0 Å². The lowest BCUT2D eigenvalue weighted by Gasteiger charge is -2.04. The summed E-state index contributed by atoms with van der Waals surface area (Å²) in [5.74, 6) is 0.980. The second-order valence-electron chi connectivity index (χ2n) is 2.87. The largest absolute Gasteiger partial charge is 0.494 e. The minimum Gasteiger partial charge on any atom is -0.494 e. The van der Waals surface area contributed by atoms with E-state index in [-0.39, 0.29) is 0 Å². The Morgan fingerprint density at radius 3 is 2.21 bits per heavy atom. The lowest BCUT2D eigenvalue weighted by Crippen LogP contribution is -1.96. The van der Waals surface area contributed by atoms with Crippen molar-refractivity contribution in [3.8, 4) is 5.75 Å². The summed E-state index contributed by atoms with van der Waals surface area (Å²) in [7, 11) is 0. The quantitative estimate of drug-likeness (QED) is 0.636. The zero-order valence-corrected chi connectivity index (χ0v) is 9.62. The van der Waals surface area contributed by atoms with Crippen molar-refractivity contribution in [1.82, 2.24) is 0 Å². The molecule has 0 radical (unpaired) electrons. The fraction of sp³-hybridized carbons (Fsp3) is 0.538. The number of hydrogen-bond donors (Lipinski definition) is 0. The van der Waals surface area contributed by atoms with Gasteiger partial charge >= 0.3 is 0 Å². The minimum absolute atomic E-state index is 0.845. The van der Waals surface area contributed by atoms with Gasteiger partial charge in [-0.2, -0.15) is 0 Å². The molecule has 1 aromatic carbocycles. The van der Waals surface area contributed by atoms with Crippen LogP contribution in [0.3, 0.4) is 0 Å². The summed E-state index contributed by atoms with van der Waals surface area (Å²) >= 11 is 0. The van der Waals surface area contributed by atoms with Crippen molar-refractivity contribution >= 4 is 0 Å². The molecule has 1 heteroatoms. The molecule has 80 valence electrons. The lowest BCUT2D eigenvalue weighted by atomic mass is 10.3. The van der Waals surface area contributed by atoms with Gasteiger partial charge in [-0.15, -0.1) is 0 Å². The predicted molar refractivity (Wildman–Crippen MR) is 62.8 cm³/mol. The van der Waals surface area contributed by atoms with E-state index < -0.39 is 0 Å². The van der Waals surface area contributed by atoms with Crippen LogP contribution in [0.25, 0.3) is 0 Å². The number of para-hydroxylation sites is 1. The van der Waals surface area contributed by atoms with Gasteiger partial charge in [0, 0.05) is 0 Å². The first-order chi connectivity index (χ1) is 6.93. The highest BCUT2D eigenvalue weighted by Crippen LogP contribution is 2.08. The number of rotatable bonds is 5. The molecule has 0 unspecified atom stereocenters. The Balaban J connectivity index is 0.000000791. The highest BCUT2D eigenvalue weighted by molar-refractivity contribution is 5.20. The Hall–Kier alpha value is -0.980. The summed E-state index contributed by atoms with van der Waals surface area (Å²) in [6.45, 7) is 7.04. The molecule has 1 nitrogen and oxygen atoms in total. The Kier molecular flexibility index (Phi) is 9.40. The van der Waals surface area contributed by atoms with E-state index in [4.69, 9.17) is 4.74 Å². The van der Waals surface area contributed by atoms with E-state index in [1.165, 1.54) is 12.8 Å². The zero-order valence-electron chi connectivity index (χ0n) is 9.62. The molecule has 14 heavy (non-hydrogen) atoms. The maximum absolute atomic E-state index is 5.51. The Bertz CT molecular complexity index is 194. The van der Waals surface area contributed by atoms with E-state index in [9.17, 15) is 0 Å². The van der Waals surface area contributed by atoms with Crippen molar-refractivity contribution in [1.29, 1.82) is 0 Å². The molecule has 0 spiro atoms. The normalized spacial score (nSPS) is 8.79. The van der Waals surface area contributed by atoms with Crippen LogP contribution < -0.4 is 4.74 Å². The van der Waals surface area contributed by atoms with Gasteiger partial charge in [0.05, 0.1) is 6.61 Å². The molecule has 1 aromatic rings. The molecule has 0 heterocycles. The summed E-state index contributed by atoms with van der Waals surface area (Å²) in [6, 6.07) is 9.97. The van der Waals surface area contributed by atoms with Crippen molar-refractivity contribution in [2.75, 3.05) is 6.61 Å². The molecule has 0 aromatic heterocycles. The maximum atomic E-state index is 5.51. The summed E-state index contributed by atoms with van der Waals surface area (Å²) in [6.07, 6.45) is 3.66. The first-order valence-corrected chi connectivity index (χ1v) is 5.61. The molecular formula is C13H22O. The molecule has 0 saturated heterocycles. The topological polar surface area (TPSA) is 9.23 Å². The molecule has 1 rings (SSSR count). The summed E-state index contributed by atoms with van der Waals surface area (Å²) in [5.41, 5.74) is 0. The van der Waals surface area contributed by atoms with E-state index in [2.05, 4.69) is 6.92 Å². The van der Waals surface area contributed by atoms with Gasteiger partial charge in [0.15, 0.2) is 0 Å². The molecule has 0 atom stereocenters. The molecule has 0 fully saturated rings. The number of benzene rings is 1. The van der Waals surface area contributed by atoms with Crippen molar-refractivity contribution in [3.05, 3.63) is 30.3 Å². The fourth-order valence-corrected chi connectivity index (χ4v) is 1.06. The van der Waals surface area contributed by atoms with Gasteiger partial charge in [-0.3, -0.25) is 0 Å². The summed E-state index contributed by atoms with van der Waals surface area (Å²) < 4.78 is 5.51. The SMILES string of the molecule is CC.CCCCCOc1ccccc1. The van der Waals surface area contributed by atoms with Crippen LogP contribution in [0, 0.1) is 0 Å². The smallest absolute Gasteiger partial charge is 0.119 e. The van der Waals surface area contributed by atoms with Crippen LogP contribution in [0.15, 0.2) is 30.3 Å². The second kappa shape index (κ2) is 10.1. The molecule has 0 saturated carbocycles. The van der Waals surface area contributed by atoms with Crippen molar-refractivity contribution in [2.24, 2.45) is 0 Å². The van der Waals surface area contributed by atoms with Gasteiger partial charge in [0.25, 0.3) is 0 Å². The lowest BCUT2D eigenvalue weighted by molar-refractivity contribution is 0.306. The van der Waals surface area contributed by atoms with Crippen LogP contribution in [-0.4, -0.2) is 6.61 Å². The van der Waals surface area contributed by atoms with Crippen LogP contribution in [0.2, 0.25) is 0 Å². The summed E-state index contributed by atoms with van der Waals surface area (Å²) in [4.78, 5) is 0. The third-order valence-corrected chi connectivity index (χ3v) is 1.76. The van der Waals surface area contributed by atoms with E-state index in [1.807, 2.05) is 44.2 Å². The van der Waals surface area contributed by atoms with Gasteiger partial charge in [-0.05, 0) is 18.6 Å². The molecule has 0 aliphatic rings. The fourth-order valence-electron chi connectivity index (χ4n) is 1.06. The van der Waals surface area contributed by atoms with E-state index in [0.29, 0.717) is 0 Å². The Morgan fingerprint density at radius 1 is 1.00 bits per heavy atom. The van der Waals surface area contributed by atoms with Crippen LogP contribution >= 0.6 is 0 Å². The predicted octanol–water partition coefficient (Wildman–Crippen LogP) is 4.28. The number of unbranched alkanes of at least 4 members (excludes halogenated alkanes) is 2. The van der Waals surface area contributed by atoms with Crippen molar-refractivity contribution in [2.45, 2.75) is 40.0 Å². The zero-order chi connectivity index (χ0) is 10.6. The second-order valence-corrected chi connectivity index (χ2v) is 2.87. The molecule has 0 aliphatic heterocycles. The highest BCUT2D eigenvalue weighted by Gasteiger charge is 1.89. The first kappa shape index (κ1) is 13.0. The average Bonchev–Trinajstić information content (AvgIpc) is 2.29. The standard InChI is InChI=1S/C11H16O.C2H6/c1-2-3-7-10-12-11-8-5-4-6-9-11;1-2/h4-6,8-9H,2-3,7,10H2,1H3;1-2H3. The maximum Gasteiger partial charge on any atom is 0.119 e. The minimum atomic E-state index is 0.845. The monoisotopic (exact) mass is 194 g/mol. The Labute approximate surface area is 88.1 Å². The molecule has 0 amide bonds. The van der Waals surface area contributed by atoms with Crippen molar-refractivity contribution < 1.29 is 4.74 Å². The van der Waals surface area contributed by atoms with Crippen LogP contribution in [-0.2, 0) is 0 Å². The molecule has 0 bridgehead atoms.